The zero-order valence-electron chi connectivity index (χ0n) is 6.21. The van der Waals surface area contributed by atoms with Gasteiger partial charge in [-0.05, 0) is 25.1 Å². The van der Waals surface area contributed by atoms with E-state index in [4.69, 9.17) is 11.6 Å². The van der Waals surface area contributed by atoms with E-state index in [0.29, 0.717) is 5.02 Å². The molecule has 1 nitrogen and oxygen atoms in total. The predicted molar refractivity (Wildman–Crippen MR) is 47.7 cm³/mol. The first-order chi connectivity index (χ1) is 5.24. The van der Waals surface area contributed by atoms with Gasteiger partial charge in [0.15, 0.2) is 0 Å². The van der Waals surface area contributed by atoms with Crippen molar-refractivity contribution in [1.29, 1.82) is 0 Å². The molecule has 0 saturated heterocycles. The molecule has 0 saturated carbocycles. The van der Waals surface area contributed by atoms with Gasteiger partial charge in [-0.3, -0.25) is 0 Å². The maximum absolute atomic E-state index is 9.26. The van der Waals surface area contributed by atoms with Gasteiger partial charge >= 0.3 is 0 Å². The summed E-state index contributed by atoms with van der Waals surface area (Å²) >= 11 is 5.71. The van der Waals surface area contributed by atoms with Crippen molar-refractivity contribution in [3.63, 3.8) is 0 Å². The van der Waals surface area contributed by atoms with E-state index in [1.54, 1.807) is 37.3 Å². The Bertz CT molecular complexity index is 279. The van der Waals surface area contributed by atoms with Crippen molar-refractivity contribution < 1.29 is 5.11 Å². The fourth-order valence-corrected chi connectivity index (χ4v) is 1.00. The number of allylic oxidation sites excluding steroid dienone is 1. The van der Waals surface area contributed by atoms with Crippen LogP contribution in [0.15, 0.2) is 30.3 Å². The summed E-state index contributed by atoms with van der Waals surface area (Å²) in [7, 11) is 0. The Kier molecular flexibility index (Phi) is 2.55. The van der Waals surface area contributed by atoms with Gasteiger partial charge in [0, 0.05) is 10.6 Å². The van der Waals surface area contributed by atoms with Crippen LogP contribution < -0.4 is 0 Å². The van der Waals surface area contributed by atoms with Crippen LogP contribution in [0.3, 0.4) is 0 Å². The van der Waals surface area contributed by atoms with Gasteiger partial charge in [0.05, 0.1) is 0 Å². The lowest BCUT2D eigenvalue weighted by Gasteiger charge is -1.98. The van der Waals surface area contributed by atoms with Crippen molar-refractivity contribution in [1.82, 2.24) is 0 Å². The average molecular weight is 169 g/mol. The van der Waals surface area contributed by atoms with E-state index in [9.17, 15) is 5.11 Å². The molecule has 1 rings (SSSR count). The van der Waals surface area contributed by atoms with E-state index in [2.05, 4.69) is 0 Å². The average Bonchev–Trinajstić information content (AvgIpc) is 2.03. The number of hydrogen-bond donors (Lipinski definition) is 1. The van der Waals surface area contributed by atoms with Gasteiger partial charge in [-0.15, -0.1) is 0 Å². The second-order valence-corrected chi connectivity index (χ2v) is 2.62. The highest BCUT2D eigenvalue weighted by atomic mass is 35.5. The van der Waals surface area contributed by atoms with Crippen molar-refractivity contribution in [3.05, 3.63) is 40.9 Å². The first kappa shape index (κ1) is 8.15. The standard InChI is InChI=1S/C9H9ClO/c1-2-9(11)7-4-3-5-8(10)6-7/h2-6,11H,1H3. The molecule has 1 N–H and O–H groups in total. The Labute approximate surface area is 70.9 Å². The van der Waals surface area contributed by atoms with Crippen molar-refractivity contribution in [2.75, 3.05) is 0 Å². The molecule has 0 aliphatic carbocycles. The van der Waals surface area contributed by atoms with Gasteiger partial charge in [0.1, 0.15) is 5.76 Å². The molecular formula is C9H9ClO. The van der Waals surface area contributed by atoms with E-state index in [-0.39, 0.29) is 5.76 Å². The summed E-state index contributed by atoms with van der Waals surface area (Å²) in [4.78, 5) is 0. The molecule has 1 aromatic rings. The lowest BCUT2D eigenvalue weighted by molar-refractivity contribution is 0.511. The third-order valence-electron chi connectivity index (χ3n) is 1.39. The number of aliphatic hydroxyl groups excluding tert-OH is 1. The highest BCUT2D eigenvalue weighted by molar-refractivity contribution is 6.30. The Morgan fingerprint density at radius 2 is 2.27 bits per heavy atom. The summed E-state index contributed by atoms with van der Waals surface area (Å²) in [6, 6.07) is 7.10. The number of benzene rings is 1. The Hall–Kier alpha value is -0.950. The van der Waals surface area contributed by atoms with Crippen molar-refractivity contribution in [2.45, 2.75) is 6.92 Å². The molecule has 58 valence electrons. The summed E-state index contributed by atoms with van der Waals surface area (Å²) in [6.45, 7) is 1.77. The molecule has 0 heterocycles. The van der Waals surface area contributed by atoms with E-state index in [0.717, 1.165) is 5.56 Å². The summed E-state index contributed by atoms with van der Waals surface area (Å²) in [6.07, 6.45) is 1.63. The van der Waals surface area contributed by atoms with Crippen LogP contribution in [-0.4, -0.2) is 5.11 Å². The van der Waals surface area contributed by atoms with Gasteiger partial charge in [-0.25, -0.2) is 0 Å². The van der Waals surface area contributed by atoms with E-state index in [1.165, 1.54) is 0 Å². The highest BCUT2D eigenvalue weighted by Crippen LogP contribution is 2.15. The van der Waals surface area contributed by atoms with Crippen LogP contribution in [0.5, 0.6) is 0 Å². The zero-order chi connectivity index (χ0) is 8.27. The molecule has 0 fully saturated rings. The molecule has 0 bridgehead atoms. The van der Waals surface area contributed by atoms with Crippen molar-refractivity contribution in [3.8, 4) is 0 Å². The molecule has 2 heteroatoms. The first-order valence-corrected chi connectivity index (χ1v) is 3.73. The zero-order valence-corrected chi connectivity index (χ0v) is 6.97. The minimum atomic E-state index is 0.257. The van der Waals surface area contributed by atoms with Gasteiger partial charge in [0.25, 0.3) is 0 Å². The molecular weight excluding hydrogens is 160 g/mol. The van der Waals surface area contributed by atoms with E-state index < -0.39 is 0 Å². The molecule has 0 amide bonds. The van der Waals surface area contributed by atoms with Crippen LogP contribution in [0.25, 0.3) is 5.76 Å². The minimum Gasteiger partial charge on any atom is -0.508 e. The molecule has 1 aromatic carbocycles. The summed E-state index contributed by atoms with van der Waals surface area (Å²) in [5, 5.41) is 9.89. The van der Waals surface area contributed by atoms with Crippen LogP contribution in [0.1, 0.15) is 12.5 Å². The number of aliphatic hydroxyl groups is 1. The maximum Gasteiger partial charge on any atom is 0.118 e. The molecule has 0 aromatic heterocycles. The van der Waals surface area contributed by atoms with Gasteiger partial charge in [-0.2, -0.15) is 0 Å². The van der Waals surface area contributed by atoms with E-state index >= 15 is 0 Å². The smallest absolute Gasteiger partial charge is 0.118 e. The molecule has 11 heavy (non-hydrogen) atoms. The fourth-order valence-electron chi connectivity index (χ4n) is 0.814. The Morgan fingerprint density at radius 1 is 1.55 bits per heavy atom. The van der Waals surface area contributed by atoms with Gasteiger partial charge in [-0.1, -0.05) is 23.7 Å². The predicted octanol–water partition coefficient (Wildman–Crippen LogP) is 3.26. The fraction of sp³-hybridized carbons (Fsp3) is 0.111. The van der Waals surface area contributed by atoms with Crippen molar-refractivity contribution >= 4 is 17.4 Å². The lowest BCUT2D eigenvalue weighted by atomic mass is 10.2. The highest BCUT2D eigenvalue weighted by Gasteiger charge is 1.96. The summed E-state index contributed by atoms with van der Waals surface area (Å²) in [5.74, 6) is 0.257. The quantitative estimate of drug-likeness (QED) is 0.639. The number of rotatable bonds is 1. The maximum atomic E-state index is 9.26. The topological polar surface area (TPSA) is 20.2 Å². The summed E-state index contributed by atoms with van der Waals surface area (Å²) in [5.41, 5.74) is 0.750. The molecule has 0 aliphatic heterocycles. The Balaban J connectivity index is 3.06. The largest absolute Gasteiger partial charge is 0.508 e. The van der Waals surface area contributed by atoms with Crippen LogP contribution in [-0.2, 0) is 0 Å². The number of halogens is 1. The molecule has 0 aliphatic rings. The van der Waals surface area contributed by atoms with Crippen LogP contribution in [0.4, 0.5) is 0 Å². The minimum absolute atomic E-state index is 0.257. The van der Waals surface area contributed by atoms with Crippen LogP contribution >= 0.6 is 11.6 Å². The number of hydrogen-bond acceptors (Lipinski definition) is 1. The van der Waals surface area contributed by atoms with Crippen LogP contribution in [0.2, 0.25) is 5.02 Å². The second kappa shape index (κ2) is 3.44. The second-order valence-electron chi connectivity index (χ2n) is 2.18. The molecule has 0 unspecified atom stereocenters. The van der Waals surface area contributed by atoms with E-state index in [1.807, 2.05) is 0 Å². The SMILES string of the molecule is CC=C(O)c1cccc(Cl)c1. The van der Waals surface area contributed by atoms with Gasteiger partial charge < -0.3 is 5.11 Å². The summed E-state index contributed by atoms with van der Waals surface area (Å²) < 4.78 is 0. The normalized spacial score (nSPS) is 11.6. The van der Waals surface area contributed by atoms with Gasteiger partial charge in [0.2, 0.25) is 0 Å². The molecule has 0 radical (unpaired) electrons. The Morgan fingerprint density at radius 3 is 2.82 bits per heavy atom. The first-order valence-electron chi connectivity index (χ1n) is 3.35. The third-order valence-corrected chi connectivity index (χ3v) is 1.63. The molecule has 0 spiro atoms. The monoisotopic (exact) mass is 168 g/mol. The molecule has 0 atom stereocenters. The third kappa shape index (κ3) is 1.99. The van der Waals surface area contributed by atoms with Crippen LogP contribution in [0, 0.1) is 0 Å². The lowest BCUT2D eigenvalue weighted by Crippen LogP contribution is -1.80. The van der Waals surface area contributed by atoms with Crippen molar-refractivity contribution in [2.24, 2.45) is 0 Å².